The summed E-state index contributed by atoms with van der Waals surface area (Å²) < 4.78 is 0. The Kier molecular flexibility index (Phi) is 5.79. The van der Waals surface area contributed by atoms with Crippen LogP contribution in [0.3, 0.4) is 0 Å². The van der Waals surface area contributed by atoms with E-state index >= 15 is 0 Å². The third kappa shape index (κ3) is 4.43. The van der Waals surface area contributed by atoms with Crippen molar-refractivity contribution in [1.82, 2.24) is 5.32 Å². The summed E-state index contributed by atoms with van der Waals surface area (Å²) in [5.41, 5.74) is 0.531. The van der Waals surface area contributed by atoms with E-state index < -0.39 is 18.1 Å². The first-order valence-corrected chi connectivity index (χ1v) is 6.21. The Morgan fingerprint density at radius 3 is 2.65 bits per heavy atom. The van der Waals surface area contributed by atoms with Crippen LogP contribution in [0.5, 0.6) is 5.75 Å². The molecule has 7 heteroatoms. The highest BCUT2D eigenvalue weighted by atomic mass is 16.4. The molecule has 0 radical (unpaired) electrons. The number of hydrogen-bond acceptors (Lipinski definition) is 4. The van der Waals surface area contributed by atoms with Gasteiger partial charge < -0.3 is 20.6 Å². The molecule has 0 unspecified atom stereocenters. The van der Waals surface area contributed by atoms with E-state index in [2.05, 4.69) is 5.32 Å². The molecule has 0 saturated heterocycles. The summed E-state index contributed by atoms with van der Waals surface area (Å²) in [5, 5.41) is 29.5. The lowest BCUT2D eigenvalue weighted by molar-refractivity contribution is -0.146. The lowest BCUT2D eigenvalue weighted by Gasteiger charge is -2.21. The van der Waals surface area contributed by atoms with Gasteiger partial charge in [-0.1, -0.05) is 6.07 Å². The number of carboxylic acids is 1. The van der Waals surface area contributed by atoms with Crippen LogP contribution in [0.1, 0.15) is 13.3 Å². The number of benzene rings is 1. The standard InChI is InChI=1S/C13H18N2O5/c1-2-15(9-4-3-5-10(16)8-9)13(20)14-7-6-11(17)12(18)19/h3-5,8,11,16-17H,2,6-7H2,1H3,(H,14,20)(H,18,19)/t11-/m0/s1. The number of phenols is 1. The normalized spacial score (nSPS) is 11.7. The predicted molar refractivity (Wildman–Crippen MR) is 72.8 cm³/mol. The quantitative estimate of drug-likeness (QED) is 0.616. The smallest absolute Gasteiger partial charge is 0.332 e. The van der Waals surface area contributed by atoms with Gasteiger partial charge >= 0.3 is 12.0 Å². The molecule has 0 spiro atoms. The fourth-order valence-corrected chi connectivity index (χ4v) is 1.64. The molecule has 0 bridgehead atoms. The highest BCUT2D eigenvalue weighted by molar-refractivity contribution is 5.92. The molecule has 0 aromatic heterocycles. The summed E-state index contributed by atoms with van der Waals surface area (Å²) in [6, 6.07) is 5.83. The molecular weight excluding hydrogens is 264 g/mol. The zero-order valence-electron chi connectivity index (χ0n) is 11.1. The van der Waals surface area contributed by atoms with Crippen molar-refractivity contribution in [3.8, 4) is 5.75 Å². The second kappa shape index (κ2) is 7.34. The number of rotatable bonds is 6. The van der Waals surface area contributed by atoms with Crippen molar-refractivity contribution in [2.45, 2.75) is 19.4 Å². The summed E-state index contributed by atoms with van der Waals surface area (Å²) in [6.45, 7) is 2.20. The monoisotopic (exact) mass is 282 g/mol. The van der Waals surface area contributed by atoms with E-state index in [0.29, 0.717) is 12.2 Å². The van der Waals surface area contributed by atoms with Gasteiger partial charge in [-0.15, -0.1) is 0 Å². The molecular formula is C13H18N2O5. The van der Waals surface area contributed by atoms with Crippen LogP contribution in [-0.4, -0.2) is 46.5 Å². The van der Waals surface area contributed by atoms with Gasteiger partial charge in [0.05, 0.1) is 0 Å². The van der Waals surface area contributed by atoms with E-state index in [1.807, 2.05) is 0 Å². The molecule has 0 heterocycles. The van der Waals surface area contributed by atoms with Gasteiger partial charge in [0.15, 0.2) is 6.10 Å². The van der Waals surface area contributed by atoms with Crippen molar-refractivity contribution >= 4 is 17.7 Å². The highest BCUT2D eigenvalue weighted by Crippen LogP contribution is 2.19. The number of urea groups is 1. The van der Waals surface area contributed by atoms with Gasteiger partial charge in [-0.25, -0.2) is 9.59 Å². The van der Waals surface area contributed by atoms with E-state index in [1.54, 1.807) is 19.1 Å². The number of carbonyl (C=O) groups is 2. The van der Waals surface area contributed by atoms with E-state index in [0.717, 1.165) is 0 Å². The van der Waals surface area contributed by atoms with Crippen molar-refractivity contribution in [1.29, 1.82) is 0 Å². The third-order valence-corrected chi connectivity index (χ3v) is 2.68. The van der Waals surface area contributed by atoms with Gasteiger partial charge in [-0.3, -0.25) is 4.90 Å². The molecule has 0 aliphatic rings. The number of carboxylic acid groups (broad SMARTS) is 1. The molecule has 4 N–H and O–H groups in total. The Bertz CT molecular complexity index is 478. The molecule has 0 aliphatic carbocycles. The lowest BCUT2D eigenvalue weighted by atomic mass is 10.2. The number of nitrogens with zero attached hydrogens (tertiary/aromatic N) is 1. The third-order valence-electron chi connectivity index (χ3n) is 2.68. The Hall–Kier alpha value is -2.28. The molecule has 110 valence electrons. The molecule has 1 atom stereocenters. The van der Waals surface area contributed by atoms with Gasteiger partial charge in [-0.05, 0) is 19.1 Å². The van der Waals surface area contributed by atoms with Gasteiger partial charge in [-0.2, -0.15) is 0 Å². The first kappa shape index (κ1) is 15.8. The van der Waals surface area contributed by atoms with Gasteiger partial charge in [0, 0.05) is 31.3 Å². The van der Waals surface area contributed by atoms with Crippen molar-refractivity contribution in [3.05, 3.63) is 24.3 Å². The SMILES string of the molecule is CCN(C(=O)NCC[C@H](O)C(=O)O)c1cccc(O)c1. The number of nitrogens with one attached hydrogen (secondary N) is 1. The zero-order valence-corrected chi connectivity index (χ0v) is 11.1. The van der Waals surface area contributed by atoms with Crippen molar-refractivity contribution in [2.24, 2.45) is 0 Å². The summed E-state index contributed by atoms with van der Waals surface area (Å²) in [7, 11) is 0. The van der Waals surface area contributed by atoms with Crippen molar-refractivity contribution < 1.29 is 24.9 Å². The molecule has 7 nitrogen and oxygen atoms in total. The highest BCUT2D eigenvalue weighted by Gasteiger charge is 2.16. The first-order chi connectivity index (χ1) is 9.45. The minimum Gasteiger partial charge on any atom is -0.508 e. The number of carbonyl (C=O) groups excluding carboxylic acids is 1. The van der Waals surface area contributed by atoms with Crippen LogP contribution in [0, 0.1) is 0 Å². The number of aliphatic hydroxyl groups is 1. The van der Waals surface area contributed by atoms with E-state index in [4.69, 9.17) is 10.2 Å². The number of anilines is 1. The number of aromatic hydroxyl groups is 1. The predicted octanol–water partition coefficient (Wildman–Crippen LogP) is 0.764. The number of phenolic OH excluding ortho intramolecular Hbond substituents is 1. The van der Waals surface area contributed by atoms with Crippen LogP contribution in [0.4, 0.5) is 10.5 Å². The minimum absolute atomic E-state index is 0.0433. The first-order valence-electron chi connectivity index (χ1n) is 6.21. The Balaban J connectivity index is 2.58. The molecule has 0 fully saturated rings. The number of hydrogen-bond donors (Lipinski definition) is 4. The number of amides is 2. The summed E-state index contributed by atoms with van der Waals surface area (Å²) in [4.78, 5) is 23.8. The number of aliphatic hydroxyl groups excluding tert-OH is 1. The summed E-state index contributed by atoms with van der Waals surface area (Å²) in [6.07, 6.45) is -1.57. The van der Waals surface area contributed by atoms with Crippen LogP contribution in [0.2, 0.25) is 0 Å². The van der Waals surface area contributed by atoms with Crippen LogP contribution in [0.25, 0.3) is 0 Å². The van der Waals surface area contributed by atoms with Crippen molar-refractivity contribution in [2.75, 3.05) is 18.0 Å². The number of aliphatic carboxylic acids is 1. The lowest BCUT2D eigenvalue weighted by Crippen LogP contribution is -2.41. The molecule has 2 amide bonds. The molecule has 0 aliphatic heterocycles. The average molecular weight is 282 g/mol. The van der Waals surface area contributed by atoms with Gasteiger partial charge in [0.2, 0.25) is 0 Å². The van der Waals surface area contributed by atoms with Crippen molar-refractivity contribution in [3.63, 3.8) is 0 Å². The molecule has 0 saturated carbocycles. The maximum absolute atomic E-state index is 11.9. The van der Waals surface area contributed by atoms with Crippen LogP contribution < -0.4 is 10.2 Å². The van der Waals surface area contributed by atoms with E-state index in [-0.39, 0.29) is 18.7 Å². The van der Waals surface area contributed by atoms with Crippen LogP contribution in [0.15, 0.2) is 24.3 Å². The summed E-state index contributed by atoms with van der Waals surface area (Å²) >= 11 is 0. The second-order valence-electron chi connectivity index (χ2n) is 4.14. The maximum Gasteiger partial charge on any atom is 0.332 e. The van der Waals surface area contributed by atoms with E-state index in [9.17, 15) is 14.7 Å². The molecule has 1 aromatic rings. The van der Waals surface area contributed by atoms with Crippen LogP contribution >= 0.6 is 0 Å². The van der Waals surface area contributed by atoms with Gasteiger partial charge in [0.25, 0.3) is 0 Å². The summed E-state index contributed by atoms with van der Waals surface area (Å²) in [5.74, 6) is -1.27. The fourth-order valence-electron chi connectivity index (χ4n) is 1.64. The fraction of sp³-hybridized carbons (Fsp3) is 0.385. The topological polar surface area (TPSA) is 110 Å². The average Bonchev–Trinajstić information content (AvgIpc) is 2.39. The van der Waals surface area contributed by atoms with Gasteiger partial charge in [0.1, 0.15) is 5.75 Å². The second-order valence-corrected chi connectivity index (χ2v) is 4.14. The largest absolute Gasteiger partial charge is 0.508 e. The van der Waals surface area contributed by atoms with E-state index in [1.165, 1.54) is 17.0 Å². The Morgan fingerprint density at radius 1 is 1.40 bits per heavy atom. The van der Waals surface area contributed by atoms with Crippen LogP contribution in [-0.2, 0) is 4.79 Å². The Morgan fingerprint density at radius 2 is 2.10 bits per heavy atom. The maximum atomic E-state index is 11.9. The zero-order chi connectivity index (χ0) is 15.1. The molecule has 1 aromatic carbocycles. The molecule has 20 heavy (non-hydrogen) atoms. The minimum atomic E-state index is -1.49. The Labute approximate surface area is 116 Å². The molecule has 1 rings (SSSR count).